The van der Waals surface area contributed by atoms with Crippen LogP contribution in [0, 0.1) is 5.92 Å². The van der Waals surface area contributed by atoms with Crippen molar-refractivity contribution in [3.63, 3.8) is 0 Å². The number of carbonyl (C=O) groups is 2. The van der Waals surface area contributed by atoms with Crippen molar-refractivity contribution in [1.82, 2.24) is 4.90 Å². The van der Waals surface area contributed by atoms with Gasteiger partial charge in [-0.3, -0.25) is 9.59 Å². The summed E-state index contributed by atoms with van der Waals surface area (Å²) in [6.07, 6.45) is -1.11. The van der Waals surface area contributed by atoms with Gasteiger partial charge < -0.3 is 14.4 Å². The van der Waals surface area contributed by atoms with E-state index in [1.54, 1.807) is 57.2 Å². The van der Waals surface area contributed by atoms with Crippen molar-refractivity contribution in [3.05, 3.63) is 56.2 Å². The minimum Gasteiger partial charge on any atom is -0.465 e. The van der Waals surface area contributed by atoms with Crippen LogP contribution in [0.2, 0.25) is 9.36 Å². The van der Waals surface area contributed by atoms with Gasteiger partial charge in [0.05, 0.1) is 41.0 Å². The molecule has 2 unspecified atom stereocenters. The van der Waals surface area contributed by atoms with Gasteiger partial charge in [0.15, 0.2) is 9.84 Å². The van der Waals surface area contributed by atoms with Crippen molar-refractivity contribution in [2.24, 2.45) is 5.92 Å². The number of amides is 1. The molecule has 2 aromatic rings. The zero-order valence-corrected chi connectivity index (χ0v) is 26.6. The first-order valence-electron chi connectivity index (χ1n) is 12.9. The van der Waals surface area contributed by atoms with E-state index < -0.39 is 38.6 Å². The molecule has 0 aliphatic carbocycles. The van der Waals surface area contributed by atoms with Crippen molar-refractivity contribution < 1.29 is 27.5 Å². The van der Waals surface area contributed by atoms with Gasteiger partial charge in [-0.15, -0.1) is 11.3 Å². The topological polar surface area (TPSA) is 90.0 Å². The lowest BCUT2D eigenvalue weighted by molar-refractivity contribution is -0.158. The first kappa shape index (κ1) is 33.6. The van der Waals surface area contributed by atoms with Gasteiger partial charge in [-0.2, -0.15) is 0 Å². The molecule has 0 N–H and O–H groups in total. The van der Waals surface area contributed by atoms with Gasteiger partial charge >= 0.3 is 5.97 Å². The van der Waals surface area contributed by atoms with E-state index in [0.29, 0.717) is 15.8 Å². The van der Waals surface area contributed by atoms with Crippen LogP contribution < -0.4 is 0 Å². The number of sulfone groups is 1. The quantitative estimate of drug-likeness (QED) is 0.223. The van der Waals surface area contributed by atoms with E-state index in [1.165, 1.54) is 16.2 Å². The molecule has 11 heteroatoms. The van der Waals surface area contributed by atoms with E-state index in [4.69, 9.17) is 32.7 Å². The molecule has 2 atom stereocenters. The fourth-order valence-corrected chi connectivity index (χ4v) is 6.34. The Morgan fingerprint density at radius 2 is 1.79 bits per heavy atom. The molecule has 39 heavy (non-hydrogen) atoms. The third-order valence-electron chi connectivity index (χ3n) is 6.04. The minimum atomic E-state index is -3.57. The summed E-state index contributed by atoms with van der Waals surface area (Å²) in [7, 11) is -3.57. The second kappa shape index (κ2) is 14.8. The molecule has 2 rings (SSSR count). The van der Waals surface area contributed by atoms with Gasteiger partial charge in [0.2, 0.25) is 0 Å². The fraction of sp³-hybridized carbons (Fsp3) is 0.571. The minimum absolute atomic E-state index is 0.0319. The number of hydrogen-bond acceptors (Lipinski definition) is 7. The summed E-state index contributed by atoms with van der Waals surface area (Å²) in [5.41, 5.74) is 0.731. The third kappa shape index (κ3) is 10.7. The second-order valence-corrected chi connectivity index (χ2v) is 15.9. The van der Waals surface area contributed by atoms with Crippen LogP contribution in [0.5, 0.6) is 0 Å². The molecule has 0 bridgehead atoms. The van der Waals surface area contributed by atoms with Gasteiger partial charge in [0.1, 0.15) is 6.10 Å². The average Bonchev–Trinajstić information content (AvgIpc) is 3.26. The van der Waals surface area contributed by atoms with Crippen LogP contribution >= 0.6 is 34.5 Å². The highest BCUT2D eigenvalue weighted by Crippen LogP contribution is 2.27. The Kier molecular flexibility index (Phi) is 12.8. The smallest absolute Gasteiger partial charge is 0.308 e. The maximum absolute atomic E-state index is 14.1. The summed E-state index contributed by atoms with van der Waals surface area (Å²) in [4.78, 5) is 29.1. The summed E-state index contributed by atoms with van der Waals surface area (Å²) in [5, 5.41) is 0.518. The van der Waals surface area contributed by atoms with E-state index in [0.717, 1.165) is 10.4 Å². The molecule has 1 aromatic carbocycles. The van der Waals surface area contributed by atoms with E-state index in [2.05, 4.69) is 0 Å². The summed E-state index contributed by atoms with van der Waals surface area (Å²) < 4.78 is 37.3. The summed E-state index contributed by atoms with van der Waals surface area (Å²) in [6, 6.07) is 9.91. The maximum atomic E-state index is 14.1. The van der Waals surface area contributed by atoms with Gasteiger partial charge in [-0.1, -0.05) is 56.1 Å². The van der Waals surface area contributed by atoms with E-state index in [1.807, 2.05) is 20.8 Å². The number of ether oxygens (including phenoxy) is 2. The van der Waals surface area contributed by atoms with E-state index in [-0.39, 0.29) is 37.9 Å². The van der Waals surface area contributed by atoms with Crippen LogP contribution in [0.1, 0.15) is 64.8 Å². The number of carbonyl (C=O) groups excluding carboxylic acids is 2. The highest BCUT2D eigenvalue weighted by atomic mass is 35.5. The van der Waals surface area contributed by atoms with Gasteiger partial charge in [-0.05, 0) is 62.9 Å². The molecule has 0 spiro atoms. The van der Waals surface area contributed by atoms with Crippen molar-refractivity contribution in [3.8, 4) is 0 Å². The molecule has 0 radical (unpaired) electrons. The fourth-order valence-electron chi connectivity index (χ4n) is 3.62. The zero-order valence-electron chi connectivity index (χ0n) is 23.4. The lowest BCUT2D eigenvalue weighted by Gasteiger charge is -2.35. The first-order chi connectivity index (χ1) is 18.1. The monoisotopic (exact) mass is 619 g/mol. The molecule has 1 aromatic heterocycles. The Bertz CT molecular complexity index is 1210. The number of nitrogens with zero attached hydrogens (tertiary/aromatic N) is 1. The largest absolute Gasteiger partial charge is 0.465 e. The van der Waals surface area contributed by atoms with Gasteiger partial charge in [-0.25, -0.2) is 8.42 Å². The van der Waals surface area contributed by atoms with Crippen molar-refractivity contribution in [1.29, 1.82) is 0 Å². The van der Waals surface area contributed by atoms with Gasteiger partial charge in [0, 0.05) is 15.9 Å². The van der Waals surface area contributed by atoms with E-state index in [9.17, 15) is 18.0 Å². The molecule has 218 valence electrons. The summed E-state index contributed by atoms with van der Waals surface area (Å²) >= 11 is 13.6. The van der Waals surface area contributed by atoms with Crippen LogP contribution in [0.4, 0.5) is 0 Å². The van der Waals surface area contributed by atoms with Crippen molar-refractivity contribution >= 4 is 56.3 Å². The Labute approximate surface area is 246 Å². The number of halogens is 2. The van der Waals surface area contributed by atoms with Gasteiger partial charge in [0.25, 0.3) is 5.91 Å². The Morgan fingerprint density at radius 3 is 2.33 bits per heavy atom. The molecule has 0 fully saturated rings. The van der Waals surface area contributed by atoms with Crippen molar-refractivity contribution in [2.45, 2.75) is 84.4 Å². The standard InChI is InChI=1S/C28H39Cl2NO6S2/c1-7-22(18-39(34,35)28(4,5)6)31(15-23-11-12-25(30)38-23)27(33)24(14-26(32)37-16-19(2)3)36-17-20-9-8-10-21(29)13-20/h8-13,19,22,24H,7,14-18H2,1-6H3. The number of thiophene rings is 1. The molecule has 0 aliphatic heterocycles. The molecule has 7 nitrogen and oxygen atoms in total. The second-order valence-electron chi connectivity index (χ2n) is 10.8. The number of rotatable bonds is 14. The zero-order chi connectivity index (χ0) is 29.4. The van der Waals surface area contributed by atoms with Crippen LogP contribution in [-0.2, 0) is 42.1 Å². The Morgan fingerprint density at radius 1 is 1.10 bits per heavy atom. The number of hydrogen-bond donors (Lipinski definition) is 0. The van der Waals surface area contributed by atoms with Crippen LogP contribution in [0.3, 0.4) is 0 Å². The summed E-state index contributed by atoms with van der Waals surface area (Å²) in [5.74, 6) is -1.15. The summed E-state index contributed by atoms with van der Waals surface area (Å²) in [6.45, 7) is 11.0. The Balaban J connectivity index is 2.42. The number of esters is 1. The van der Waals surface area contributed by atoms with Crippen molar-refractivity contribution in [2.75, 3.05) is 12.4 Å². The van der Waals surface area contributed by atoms with Crippen LogP contribution in [0.15, 0.2) is 36.4 Å². The molecule has 1 heterocycles. The van der Waals surface area contributed by atoms with Crippen LogP contribution in [-0.4, -0.2) is 54.4 Å². The highest BCUT2D eigenvalue weighted by Gasteiger charge is 2.37. The molecular formula is C28H39Cl2NO6S2. The molecule has 1 amide bonds. The molecule has 0 saturated carbocycles. The number of benzene rings is 1. The lowest BCUT2D eigenvalue weighted by Crippen LogP contribution is -2.50. The highest BCUT2D eigenvalue weighted by molar-refractivity contribution is 7.92. The first-order valence-corrected chi connectivity index (χ1v) is 16.1. The van der Waals surface area contributed by atoms with E-state index >= 15 is 0 Å². The predicted octanol–water partition coefficient (Wildman–Crippen LogP) is 6.55. The van der Waals surface area contributed by atoms with Crippen LogP contribution in [0.25, 0.3) is 0 Å². The molecule has 0 saturated heterocycles. The Hall–Kier alpha value is -1.65. The lowest BCUT2D eigenvalue weighted by atomic mass is 10.1. The average molecular weight is 621 g/mol. The molecular weight excluding hydrogens is 581 g/mol. The maximum Gasteiger partial charge on any atom is 0.308 e. The predicted molar refractivity (Wildman–Crippen MR) is 158 cm³/mol. The SMILES string of the molecule is CCC(CS(=O)(=O)C(C)(C)C)N(Cc1ccc(Cl)s1)C(=O)C(CC(=O)OCC(C)C)OCc1cccc(Cl)c1. The third-order valence-corrected chi connectivity index (χ3v) is 10.2. The normalized spacial score (nSPS) is 13.8. The molecule has 0 aliphatic rings.